The van der Waals surface area contributed by atoms with E-state index in [2.05, 4.69) is 9.97 Å². The van der Waals surface area contributed by atoms with Gasteiger partial charge < -0.3 is 9.72 Å². The smallest absolute Gasteiger partial charge is 0.198 e. The van der Waals surface area contributed by atoms with E-state index >= 15 is 0 Å². The van der Waals surface area contributed by atoms with Crippen LogP contribution in [0.4, 0.5) is 0 Å². The number of ketones is 1. The Bertz CT molecular complexity index is 746. The molecule has 1 N–H and O–H groups in total. The van der Waals surface area contributed by atoms with Crippen LogP contribution in [-0.4, -0.2) is 22.9 Å². The second-order valence-corrected chi connectivity index (χ2v) is 4.13. The highest BCUT2D eigenvalue weighted by Gasteiger charge is 2.17. The lowest BCUT2D eigenvalue weighted by Gasteiger charge is -2.06. The van der Waals surface area contributed by atoms with Gasteiger partial charge in [-0.15, -0.1) is 0 Å². The zero-order valence-electron chi connectivity index (χ0n) is 10.4. The zero-order valence-corrected chi connectivity index (χ0v) is 10.4. The molecule has 0 radical (unpaired) electrons. The molecule has 0 saturated carbocycles. The van der Waals surface area contributed by atoms with Crippen molar-refractivity contribution in [2.75, 3.05) is 7.11 Å². The number of fused-ring (bicyclic) bond motifs is 1. The van der Waals surface area contributed by atoms with E-state index in [1.807, 2.05) is 24.3 Å². The van der Waals surface area contributed by atoms with Gasteiger partial charge in [-0.2, -0.15) is 0 Å². The number of ether oxygens (including phenoxy) is 1. The van der Waals surface area contributed by atoms with Gasteiger partial charge in [-0.3, -0.25) is 4.79 Å². The molecule has 1 aromatic carbocycles. The SMILES string of the molecule is COc1ccccc1C(=O)c1c[nH]c2ncccc12. The number of nitrogens with zero attached hydrogens (tertiary/aromatic N) is 1. The number of hydrogen-bond acceptors (Lipinski definition) is 3. The number of hydrogen-bond donors (Lipinski definition) is 1. The highest BCUT2D eigenvalue weighted by molar-refractivity contribution is 6.17. The van der Waals surface area contributed by atoms with Gasteiger partial charge in [0.05, 0.1) is 12.7 Å². The van der Waals surface area contributed by atoms with Gasteiger partial charge in [0, 0.05) is 23.3 Å². The summed E-state index contributed by atoms with van der Waals surface area (Å²) in [5.74, 6) is 0.502. The monoisotopic (exact) mass is 252 g/mol. The van der Waals surface area contributed by atoms with E-state index in [1.165, 1.54) is 0 Å². The standard InChI is InChI=1S/C15H12N2O2/c1-19-13-7-3-2-5-11(13)14(18)12-9-17-15-10(12)6-4-8-16-15/h2-9H,1H3,(H,16,17). The van der Waals surface area contributed by atoms with Crippen molar-refractivity contribution in [1.82, 2.24) is 9.97 Å². The minimum absolute atomic E-state index is 0.0725. The van der Waals surface area contributed by atoms with E-state index in [0.29, 0.717) is 22.5 Å². The van der Waals surface area contributed by atoms with Crippen molar-refractivity contribution in [3.8, 4) is 5.75 Å². The van der Waals surface area contributed by atoms with Crippen molar-refractivity contribution in [3.63, 3.8) is 0 Å². The number of benzene rings is 1. The second kappa shape index (κ2) is 4.57. The van der Waals surface area contributed by atoms with Gasteiger partial charge >= 0.3 is 0 Å². The fraction of sp³-hybridized carbons (Fsp3) is 0.0667. The number of H-pyrrole nitrogens is 1. The predicted molar refractivity (Wildman–Crippen MR) is 72.5 cm³/mol. The molecule has 19 heavy (non-hydrogen) atoms. The van der Waals surface area contributed by atoms with Gasteiger partial charge in [0.2, 0.25) is 0 Å². The largest absolute Gasteiger partial charge is 0.496 e. The topological polar surface area (TPSA) is 55.0 Å². The third kappa shape index (κ3) is 1.87. The molecule has 4 nitrogen and oxygen atoms in total. The molecule has 2 heterocycles. The summed E-state index contributed by atoms with van der Waals surface area (Å²) in [4.78, 5) is 19.8. The summed E-state index contributed by atoms with van der Waals surface area (Å²) < 4.78 is 5.23. The van der Waals surface area contributed by atoms with Gasteiger partial charge in [0.15, 0.2) is 5.78 Å². The van der Waals surface area contributed by atoms with Crippen molar-refractivity contribution in [3.05, 3.63) is 59.9 Å². The molecule has 3 rings (SSSR count). The van der Waals surface area contributed by atoms with Crippen LogP contribution < -0.4 is 4.74 Å². The second-order valence-electron chi connectivity index (χ2n) is 4.13. The first-order valence-electron chi connectivity index (χ1n) is 5.91. The maximum Gasteiger partial charge on any atom is 0.198 e. The molecule has 0 amide bonds. The maximum absolute atomic E-state index is 12.6. The van der Waals surface area contributed by atoms with Crippen LogP contribution in [0.1, 0.15) is 15.9 Å². The lowest BCUT2D eigenvalue weighted by molar-refractivity contribution is 0.103. The van der Waals surface area contributed by atoms with Crippen LogP contribution in [0.15, 0.2) is 48.8 Å². The Labute approximate surface area is 110 Å². The van der Waals surface area contributed by atoms with Gasteiger partial charge in [-0.25, -0.2) is 4.98 Å². The molecule has 4 heteroatoms. The van der Waals surface area contributed by atoms with Gasteiger partial charge in [0.1, 0.15) is 11.4 Å². The molecule has 0 bridgehead atoms. The molecule has 0 aliphatic carbocycles. The minimum Gasteiger partial charge on any atom is -0.496 e. The first kappa shape index (κ1) is 11.5. The molecule has 0 unspecified atom stereocenters. The van der Waals surface area contributed by atoms with E-state index in [0.717, 1.165) is 5.39 Å². The van der Waals surface area contributed by atoms with Crippen LogP contribution in [0.25, 0.3) is 11.0 Å². The van der Waals surface area contributed by atoms with Crippen molar-refractivity contribution in [2.45, 2.75) is 0 Å². The Balaban J connectivity index is 2.14. The molecule has 0 spiro atoms. The van der Waals surface area contributed by atoms with Crippen molar-refractivity contribution < 1.29 is 9.53 Å². The lowest BCUT2D eigenvalue weighted by atomic mass is 10.0. The Kier molecular flexibility index (Phi) is 2.76. The zero-order chi connectivity index (χ0) is 13.2. The van der Waals surface area contributed by atoms with Crippen molar-refractivity contribution in [2.24, 2.45) is 0 Å². The average molecular weight is 252 g/mol. The molecule has 0 aliphatic heterocycles. The molecule has 2 aromatic heterocycles. The van der Waals surface area contributed by atoms with Crippen molar-refractivity contribution >= 4 is 16.8 Å². The van der Waals surface area contributed by atoms with Crippen LogP contribution >= 0.6 is 0 Å². The number of carbonyl (C=O) groups is 1. The average Bonchev–Trinajstić information content (AvgIpc) is 2.90. The summed E-state index contributed by atoms with van der Waals surface area (Å²) in [7, 11) is 1.56. The normalized spacial score (nSPS) is 10.6. The van der Waals surface area contributed by atoms with Crippen LogP contribution in [0.5, 0.6) is 5.75 Å². The Morgan fingerprint density at radius 1 is 1.16 bits per heavy atom. The lowest BCUT2D eigenvalue weighted by Crippen LogP contribution is -2.03. The number of aromatic nitrogens is 2. The number of carbonyl (C=O) groups excluding carboxylic acids is 1. The molecule has 0 aliphatic rings. The fourth-order valence-corrected chi connectivity index (χ4v) is 2.12. The number of pyridine rings is 1. The number of rotatable bonds is 3. The summed E-state index contributed by atoms with van der Waals surface area (Å²) >= 11 is 0. The van der Waals surface area contributed by atoms with Gasteiger partial charge in [-0.05, 0) is 24.3 Å². The molecular formula is C15H12N2O2. The molecule has 94 valence electrons. The number of methoxy groups -OCH3 is 1. The third-order valence-electron chi connectivity index (χ3n) is 3.05. The van der Waals surface area contributed by atoms with Crippen molar-refractivity contribution in [1.29, 1.82) is 0 Å². The van der Waals surface area contributed by atoms with Gasteiger partial charge in [-0.1, -0.05) is 12.1 Å². The Morgan fingerprint density at radius 2 is 2.00 bits per heavy atom. The Morgan fingerprint density at radius 3 is 2.84 bits per heavy atom. The van der Waals surface area contributed by atoms with E-state index in [1.54, 1.807) is 31.6 Å². The highest BCUT2D eigenvalue weighted by Crippen LogP contribution is 2.24. The van der Waals surface area contributed by atoms with Crippen LogP contribution in [-0.2, 0) is 0 Å². The highest BCUT2D eigenvalue weighted by atomic mass is 16.5. The van der Waals surface area contributed by atoms with Crippen LogP contribution in [0, 0.1) is 0 Å². The first-order valence-corrected chi connectivity index (χ1v) is 5.91. The van der Waals surface area contributed by atoms with E-state index in [9.17, 15) is 4.79 Å². The summed E-state index contributed by atoms with van der Waals surface area (Å²) in [5.41, 5.74) is 1.86. The summed E-state index contributed by atoms with van der Waals surface area (Å²) in [5, 5.41) is 0.818. The summed E-state index contributed by atoms with van der Waals surface area (Å²) in [6.45, 7) is 0. The molecule has 3 aromatic rings. The maximum atomic E-state index is 12.6. The quantitative estimate of drug-likeness (QED) is 0.729. The predicted octanol–water partition coefficient (Wildman–Crippen LogP) is 2.80. The summed E-state index contributed by atoms with van der Waals surface area (Å²) in [6.07, 6.45) is 3.38. The summed E-state index contributed by atoms with van der Waals surface area (Å²) in [6, 6.07) is 10.9. The number of nitrogens with one attached hydrogen (secondary N) is 1. The van der Waals surface area contributed by atoms with Crippen LogP contribution in [0.3, 0.4) is 0 Å². The van der Waals surface area contributed by atoms with E-state index < -0.39 is 0 Å². The van der Waals surface area contributed by atoms with E-state index in [4.69, 9.17) is 4.74 Å². The molecule has 0 saturated heterocycles. The minimum atomic E-state index is -0.0725. The van der Waals surface area contributed by atoms with Crippen LogP contribution in [0.2, 0.25) is 0 Å². The van der Waals surface area contributed by atoms with E-state index in [-0.39, 0.29) is 5.78 Å². The first-order chi connectivity index (χ1) is 9.31. The number of para-hydroxylation sites is 1. The fourth-order valence-electron chi connectivity index (χ4n) is 2.12. The molecule has 0 atom stereocenters. The third-order valence-corrected chi connectivity index (χ3v) is 3.05. The number of aromatic amines is 1. The Hall–Kier alpha value is -2.62. The molecular weight excluding hydrogens is 240 g/mol. The molecule has 0 fully saturated rings. The van der Waals surface area contributed by atoms with Gasteiger partial charge in [0.25, 0.3) is 0 Å².